The number of carbonyl (C=O) groups is 1. The van der Waals surface area contributed by atoms with Gasteiger partial charge < -0.3 is 29.0 Å². The third kappa shape index (κ3) is 5.39. The van der Waals surface area contributed by atoms with Gasteiger partial charge in [0.25, 0.3) is 5.91 Å². The lowest BCUT2D eigenvalue weighted by Gasteiger charge is -2.37. The second kappa shape index (κ2) is 11.6. The molecule has 11 heteroatoms. The van der Waals surface area contributed by atoms with Crippen LogP contribution >= 0.6 is 0 Å². The lowest BCUT2D eigenvalue weighted by atomic mass is 9.89. The summed E-state index contributed by atoms with van der Waals surface area (Å²) in [4.78, 5) is 12.3. The van der Waals surface area contributed by atoms with Crippen molar-refractivity contribution in [3.8, 4) is 28.7 Å². The third-order valence-corrected chi connectivity index (χ3v) is 8.90. The molecule has 1 unspecified atom stereocenters. The normalized spacial score (nSPS) is 17.8. The maximum Gasteiger partial charge on any atom is 0.257 e. The van der Waals surface area contributed by atoms with Gasteiger partial charge in [-0.15, -0.1) is 0 Å². The molecule has 1 amide bonds. The molecule has 1 atom stereocenters. The largest absolute Gasteiger partial charge is 0.497 e. The number of nitrogens with zero attached hydrogens (tertiary/aromatic N) is 1. The van der Waals surface area contributed by atoms with Gasteiger partial charge in [-0.3, -0.25) is 4.79 Å². The van der Waals surface area contributed by atoms with Gasteiger partial charge in [-0.05, 0) is 65.9 Å². The average Bonchev–Trinajstić information content (AvgIpc) is 2.97. The maximum atomic E-state index is 14.4. The molecule has 3 aromatic carbocycles. The monoisotopic (exact) mass is 568 g/mol. The molecule has 6 rings (SSSR count). The molecule has 3 heterocycles. The van der Waals surface area contributed by atoms with E-state index in [1.54, 1.807) is 18.2 Å². The van der Waals surface area contributed by atoms with Gasteiger partial charge in [-0.25, -0.2) is 8.42 Å². The third-order valence-electron chi connectivity index (χ3n) is 7.01. The van der Waals surface area contributed by atoms with Crippen LogP contribution in [0.2, 0.25) is 0 Å². The minimum absolute atomic E-state index is 0.00952. The first-order valence-corrected chi connectivity index (χ1v) is 14.4. The molecule has 10 nitrogen and oxygen atoms in total. The Kier molecular flexibility index (Phi) is 8.04. The van der Waals surface area contributed by atoms with Crippen molar-refractivity contribution in [2.24, 2.45) is 0 Å². The van der Waals surface area contributed by atoms with Crippen LogP contribution in [-0.4, -0.2) is 66.3 Å². The van der Waals surface area contributed by atoms with Gasteiger partial charge >= 0.3 is 0 Å². The molecule has 40 heavy (non-hydrogen) atoms. The standard InChI is InChI=1S/C29H32N2O8S/c1-35-21-8-9-24(36-2)27(16-21)40(33,34)31-12-10-19-15-26-25(37-3)17-23(19)29(31)20-6-4-7-22(14-20)38-13-5-11-30-28(32)18-39-26/h4,6-9,14-17,29H,5,10-13,18H2,1-3H3,(H,30,32). The highest BCUT2D eigenvalue weighted by Crippen LogP contribution is 2.45. The van der Waals surface area contributed by atoms with E-state index in [0.717, 1.165) is 16.7 Å². The first-order valence-electron chi connectivity index (χ1n) is 12.9. The predicted octanol–water partition coefficient (Wildman–Crippen LogP) is 3.33. The first kappa shape index (κ1) is 27.6. The van der Waals surface area contributed by atoms with Crippen molar-refractivity contribution >= 4 is 15.9 Å². The van der Waals surface area contributed by atoms with Crippen LogP contribution in [0, 0.1) is 0 Å². The van der Waals surface area contributed by atoms with Crippen molar-refractivity contribution in [3.63, 3.8) is 0 Å². The van der Waals surface area contributed by atoms with Crippen LogP contribution in [0.4, 0.5) is 0 Å². The van der Waals surface area contributed by atoms with Crippen LogP contribution in [0.25, 0.3) is 0 Å². The van der Waals surface area contributed by atoms with Gasteiger partial charge in [0.1, 0.15) is 22.1 Å². The van der Waals surface area contributed by atoms with E-state index in [9.17, 15) is 13.2 Å². The molecule has 0 radical (unpaired) electrons. The fraction of sp³-hybridized carbons (Fsp3) is 0.345. The number of hydrogen-bond donors (Lipinski definition) is 1. The maximum absolute atomic E-state index is 14.4. The first-order chi connectivity index (χ1) is 19.3. The van der Waals surface area contributed by atoms with Crippen LogP contribution in [0.5, 0.6) is 28.7 Å². The Balaban J connectivity index is 1.69. The van der Waals surface area contributed by atoms with Crippen molar-refractivity contribution in [1.82, 2.24) is 9.62 Å². The minimum Gasteiger partial charge on any atom is -0.497 e. The summed E-state index contributed by atoms with van der Waals surface area (Å²) in [7, 11) is 0.343. The number of hydrogen-bond acceptors (Lipinski definition) is 8. The molecule has 0 spiro atoms. The molecule has 0 aromatic heterocycles. The summed E-state index contributed by atoms with van der Waals surface area (Å²) in [5, 5.41) is 2.82. The molecule has 0 aliphatic carbocycles. The van der Waals surface area contributed by atoms with E-state index in [1.165, 1.54) is 31.7 Å². The number of sulfonamides is 1. The SMILES string of the molecule is COc1ccc(OC)c(S(=O)(=O)N2CCc3cc4c(OC)cc3C2c2cccc(c2)OCCCNC(=O)CO4)c1. The zero-order valence-corrected chi connectivity index (χ0v) is 23.5. The molecule has 0 saturated carbocycles. The number of ether oxygens (including phenoxy) is 5. The molecule has 3 aromatic rings. The molecule has 6 bridgehead atoms. The Bertz CT molecular complexity index is 1510. The molecule has 1 N–H and O–H groups in total. The van der Waals surface area contributed by atoms with Crippen molar-refractivity contribution in [3.05, 3.63) is 71.3 Å². The highest BCUT2D eigenvalue weighted by Gasteiger charge is 2.40. The van der Waals surface area contributed by atoms with Crippen molar-refractivity contribution < 1.29 is 36.9 Å². The van der Waals surface area contributed by atoms with Gasteiger partial charge in [-0.2, -0.15) is 4.31 Å². The van der Waals surface area contributed by atoms with Crippen LogP contribution < -0.4 is 29.0 Å². The van der Waals surface area contributed by atoms with E-state index in [1.807, 2.05) is 30.3 Å². The molecule has 3 aliphatic rings. The zero-order chi connectivity index (χ0) is 28.3. The van der Waals surface area contributed by atoms with Crippen LogP contribution in [0.15, 0.2) is 59.5 Å². The summed E-state index contributed by atoms with van der Waals surface area (Å²) in [5.41, 5.74) is 2.37. The second-order valence-corrected chi connectivity index (χ2v) is 11.3. The predicted molar refractivity (Wildman–Crippen MR) is 147 cm³/mol. The van der Waals surface area contributed by atoms with Crippen LogP contribution in [0.1, 0.15) is 29.2 Å². The van der Waals surface area contributed by atoms with E-state index in [-0.39, 0.29) is 29.7 Å². The zero-order valence-electron chi connectivity index (χ0n) is 22.6. The van der Waals surface area contributed by atoms with Crippen LogP contribution in [0.3, 0.4) is 0 Å². The number of amides is 1. The molecule has 0 saturated heterocycles. The highest BCUT2D eigenvalue weighted by atomic mass is 32.2. The van der Waals surface area contributed by atoms with E-state index in [0.29, 0.717) is 49.0 Å². The molecular weight excluding hydrogens is 536 g/mol. The van der Waals surface area contributed by atoms with Crippen LogP contribution in [-0.2, 0) is 21.2 Å². The second-order valence-electron chi connectivity index (χ2n) is 9.40. The summed E-state index contributed by atoms with van der Waals surface area (Å²) in [6.45, 7) is 0.831. The van der Waals surface area contributed by atoms with Crippen molar-refractivity contribution in [1.29, 1.82) is 0 Å². The van der Waals surface area contributed by atoms with Crippen molar-refractivity contribution in [2.75, 3.05) is 47.6 Å². The Labute approximate surface area is 233 Å². The topological polar surface area (TPSA) is 113 Å². The number of carbonyl (C=O) groups excluding carboxylic acids is 1. The van der Waals surface area contributed by atoms with E-state index in [4.69, 9.17) is 23.7 Å². The average molecular weight is 569 g/mol. The summed E-state index contributed by atoms with van der Waals surface area (Å²) >= 11 is 0. The smallest absolute Gasteiger partial charge is 0.257 e. The minimum atomic E-state index is -4.09. The summed E-state index contributed by atoms with van der Waals surface area (Å²) in [6.07, 6.45) is 1.01. The number of methoxy groups -OCH3 is 3. The summed E-state index contributed by atoms with van der Waals surface area (Å²) < 4.78 is 58.4. The Morgan fingerprint density at radius 1 is 0.950 bits per heavy atom. The van der Waals surface area contributed by atoms with E-state index in [2.05, 4.69) is 5.32 Å². The molecule has 0 fully saturated rings. The van der Waals surface area contributed by atoms with E-state index < -0.39 is 16.1 Å². The number of rotatable bonds is 5. The number of fused-ring (bicyclic) bond motifs is 8. The fourth-order valence-electron chi connectivity index (χ4n) is 5.05. The van der Waals surface area contributed by atoms with Gasteiger partial charge in [0.05, 0.1) is 34.0 Å². The number of benzene rings is 3. The summed E-state index contributed by atoms with van der Waals surface area (Å²) in [5.74, 6) is 1.79. The Morgan fingerprint density at radius 2 is 1.77 bits per heavy atom. The molecule has 212 valence electrons. The highest BCUT2D eigenvalue weighted by molar-refractivity contribution is 7.89. The molecule has 3 aliphatic heterocycles. The number of nitrogens with one attached hydrogen (secondary N) is 1. The van der Waals surface area contributed by atoms with E-state index >= 15 is 0 Å². The summed E-state index contributed by atoms with van der Waals surface area (Å²) in [6, 6.07) is 15.0. The Hall–Kier alpha value is -3.96. The van der Waals surface area contributed by atoms with Gasteiger partial charge in [0.15, 0.2) is 18.1 Å². The quantitative estimate of drug-likeness (QED) is 0.499. The Morgan fingerprint density at radius 3 is 2.55 bits per heavy atom. The lowest BCUT2D eigenvalue weighted by Crippen LogP contribution is -2.40. The van der Waals surface area contributed by atoms with Crippen molar-refractivity contribution in [2.45, 2.75) is 23.8 Å². The van der Waals surface area contributed by atoms with Gasteiger partial charge in [0.2, 0.25) is 10.0 Å². The molecular formula is C29H32N2O8S. The lowest BCUT2D eigenvalue weighted by molar-refractivity contribution is -0.123. The fourth-order valence-corrected chi connectivity index (χ4v) is 6.82. The van der Waals surface area contributed by atoms with Gasteiger partial charge in [-0.1, -0.05) is 12.1 Å². The van der Waals surface area contributed by atoms with Gasteiger partial charge in [0, 0.05) is 19.2 Å².